The maximum Gasteiger partial charge on any atom is 0.0556 e. The van der Waals surface area contributed by atoms with Gasteiger partial charge in [-0.2, -0.15) is 0 Å². The van der Waals surface area contributed by atoms with Gasteiger partial charge < -0.3 is 10.2 Å². The fraction of sp³-hybridized carbons (Fsp3) is 0.545. The summed E-state index contributed by atoms with van der Waals surface area (Å²) in [5.41, 5.74) is 1.28. The molecular formula is C11H15N3. The highest BCUT2D eigenvalue weighted by molar-refractivity contribution is 5.46. The molecule has 3 saturated heterocycles. The summed E-state index contributed by atoms with van der Waals surface area (Å²) in [6.07, 6.45) is 6.47. The first-order valence-corrected chi connectivity index (χ1v) is 5.33. The van der Waals surface area contributed by atoms with Gasteiger partial charge in [0, 0.05) is 31.4 Å². The summed E-state index contributed by atoms with van der Waals surface area (Å²) < 4.78 is 0. The third-order valence-electron chi connectivity index (χ3n) is 3.33. The summed E-state index contributed by atoms with van der Waals surface area (Å²) in [6.45, 7) is 2.29. The van der Waals surface area contributed by atoms with Gasteiger partial charge in [-0.25, -0.2) is 0 Å². The minimum atomic E-state index is 0.684. The molecular weight excluding hydrogens is 174 g/mol. The first-order valence-electron chi connectivity index (χ1n) is 5.33. The van der Waals surface area contributed by atoms with E-state index in [0.717, 1.165) is 13.1 Å². The average molecular weight is 189 g/mol. The highest BCUT2D eigenvalue weighted by atomic mass is 15.3. The number of aromatic nitrogens is 1. The van der Waals surface area contributed by atoms with E-state index < -0.39 is 0 Å². The van der Waals surface area contributed by atoms with Gasteiger partial charge >= 0.3 is 0 Å². The van der Waals surface area contributed by atoms with Crippen LogP contribution < -0.4 is 10.2 Å². The first-order chi connectivity index (χ1) is 6.93. The third kappa shape index (κ3) is 1.28. The number of pyridine rings is 1. The number of fused-ring (bicyclic) bond motifs is 3. The molecule has 0 amide bonds. The predicted molar refractivity (Wildman–Crippen MR) is 56.4 cm³/mol. The third-order valence-corrected chi connectivity index (χ3v) is 3.33. The smallest absolute Gasteiger partial charge is 0.0556 e. The molecule has 0 saturated carbocycles. The van der Waals surface area contributed by atoms with Crippen molar-refractivity contribution in [2.45, 2.75) is 24.9 Å². The molecule has 1 aromatic heterocycles. The molecule has 3 nitrogen and oxygen atoms in total. The van der Waals surface area contributed by atoms with E-state index in [0.29, 0.717) is 12.1 Å². The average Bonchev–Trinajstić information content (AvgIpc) is 2.32. The fourth-order valence-electron chi connectivity index (χ4n) is 2.55. The van der Waals surface area contributed by atoms with Crippen molar-refractivity contribution in [2.75, 3.05) is 18.0 Å². The quantitative estimate of drug-likeness (QED) is 0.715. The molecule has 3 fully saturated rings. The Morgan fingerprint density at radius 2 is 2.43 bits per heavy atom. The van der Waals surface area contributed by atoms with Gasteiger partial charge in [-0.05, 0) is 25.0 Å². The van der Waals surface area contributed by atoms with E-state index in [9.17, 15) is 0 Å². The molecule has 0 aliphatic carbocycles. The number of nitrogens with zero attached hydrogens (tertiary/aromatic N) is 2. The molecule has 3 heteroatoms. The number of anilines is 1. The molecule has 3 aliphatic heterocycles. The summed E-state index contributed by atoms with van der Waals surface area (Å²) in [7, 11) is 0. The second-order valence-corrected chi connectivity index (χ2v) is 4.20. The van der Waals surface area contributed by atoms with Crippen molar-refractivity contribution in [1.82, 2.24) is 10.3 Å². The Morgan fingerprint density at radius 1 is 1.43 bits per heavy atom. The van der Waals surface area contributed by atoms with Crippen LogP contribution in [0.3, 0.4) is 0 Å². The zero-order valence-corrected chi connectivity index (χ0v) is 8.19. The zero-order chi connectivity index (χ0) is 9.38. The topological polar surface area (TPSA) is 28.2 Å². The summed E-state index contributed by atoms with van der Waals surface area (Å²) in [4.78, 5) is 6.68. The number of hydrogen-bond donors (Lipinski definition) is 1. The maximum absolute atomic E-state index is 4.18. The van der Waals surface area contributed by atoms with E-state index in [4.69, 9.17) is 0 Å². The Balaban J connectivity index is 1.86. The Labute approximate surface area is 84.1 Å². The maximum atomic E-state index is 4.18. The number of rotatable bonds is 1. The van der Waals surface area contributed by atoms with Gasteiger partial charge in [-0.3, -0.25) is 4.98 Å². The van der Waals surface area contributed by atoms with E-state index in [1.165, 1.54) is 18.5 Å². The Kier molecular flexibility index (Phi) is 1.91. The van der Waals surface area contributed by atoms with Gasteiger partial charge in [-0.1, -0.05) is 0 Å². The van der Waals surface area contributed by atoms with Crippen LogP contribution in [-0.4, -0.2) is 30.2 Å². The summed E-state index contributed by atoms with van der Waals surface area (Å²) in [6, 6.07) is 5.56. The van der Waals surface area contributed by atoms with Gasteiger partial charge in [0.05, 0.1) is 11.9 Å². The summed E-state index contributed by atoms with van der Waals surface area (Å²) in [5.74, 6) is 0. The lowest BCUT2D eigenvalue weighted by molar-refractivity contribution is 0.290. The Hall–Kier alpha value is -1.09. The van der Waals surface area contributed by atoms with E-state index in [1.807, 2.05) is 18.5 Å². The number of piperazine rings is 1. The molecule has 2 bridgehead atoms. The van der Waals surface area contributed by atoms with E-state index >= 15 is 0 Å². The molecule has 4 rings (SSSR count). The minimum absolute atomic E-state index is 0.684. The van der Waals surface area contributed by atoms with Crippen LogP contribution in [0.1, 0.15) is 12.8 Å². The molecule has 3 aliphatic rings. The Bertz CT molecular complexity index is 304. The monoisotopic (exact) mass is 189 g/mol. The molecule has 0 radical (unpaired) electrons. The van der Waals surface area contributed by atoms with Crippen LogP contribution in [0.2, 0.25) is 0 Å². The van der Waals surface area contributed by atoms with Crippen LogP contribution in [0.25, 0.3) is 0 Å². The van der Waals surface area contributed by atoms with Crippen LogP contribution in [0.5, 0.6) is 0 Å². The van der Waals surface area contributed by atoms with Gasteiger partial charge in [0.25, 0.3) is 0 Å². The number of nitrogens with one attached hydrogen (secondary N) is 1. The molecule has 14 heavy (non-hydrogen) atoms. The van der Waals surface area contributed by atoms with Crippen molar-refractivity contribution in [1.29, 1.82) is 0 Å². The van der Waals surface area contributed by atoms with Crippen molar-refractivity contribution in [3.05, 3.63) is 24.5 Å². The van der Waals surface area contributed by atoms with Crippen molar-refractivity contribution < 1.29 is 0 Å². The van der Waals surface area contributed by atoms with Crippen LogP contribution >= 0.6 is 0 Å². The minimum Gasteiger partial charge on any atom is -0.364 e. The van der Waals surface area contributed by atoms with Gasteiger partial charge in [0.15, 0.2) is 0 Å². The van der Waals surface area contributed by atoms with Crippen LogP contribution in [0.15, 0.2) is 24.5 Å². The van der Waals surface area contributed by atoms with Gasteiger partial charge in [0.2, 0.25) is 0 Å². The lowest BCUT2D eigenvalue weighted by atomic mass is 9.93. The fourth-order valence-corrected chi connectivity index (χ4v) is 2.55. The lowest BCUT2D eigenvalue weighted by Gasteiger charge is -2.47. The number of hydrogen-bond acceptors (Lipinski definition) is 3. The second-order valence-electron chi connectivity index (χ2n) is 4.20. The zero-order valence-electron chi connectivity index (χ0n) is 8.19. The lowest BCUT2D eigenvalue weighted by Crippen LogP contribution is -2.61. The predicted octanol–water partition coefficient (Wildman–Crippen LogP) is 1.02. The van der Waals surface area contributed by atoms with Crippen LogP contribution in [0.4, 0.5) is 5.69 Å². The molecule has 4 heterocycles. The number of piperidine rings is 2. The van der Waals surface area contributed by atoms with Gasteiger partial charge in [0.1, 0.15) is 0 Å². The van der Waals surface area contributed by atoms with Gasteiger partial charge in [-0.15, -0.1) is 0 Å². The first kappa shape index (κ1) is 8.24. The van der Waals surface area contributed by atoms with Crippen molar-refractivity contribution in [3.8, 4) is 0 Å². The van der Waals surface area contributed by atoms with Crippen LogP contribution in [0, 0.1) is 0 Å². The molecule has 74 valence electrons. The summed E-state index contributed by atoms with van der Waals surface area (Å²) >= 11 is 0. The van der Waals surface area contributed by atoms with Crippen LogP contribution in [-0.2, 0) is 0 Å². The molecule has 0 unspecified atom stereocenters. The summed E-state index contributed by atoms with van der Waals surface area (Å²) in [5, 5.41) is 3.56. The van der Waals surface area contributed by atoms with E-state index in [-0.39, 0.29) is 0 Å². The highest BCUT2D eigenvalue weighted by Crippen LogP contribution is 2.27. The molecule has 0 spiro atoms. The Morgan fingerprint density at radius 3 is 3.00 bits per heavy atom. The SMILES string of the molecule is c1cncc(N2C[C@H]3CC[C@H]2CN3)c1. The van der Waals surface area contributed by atoms with Crippen molar-refractivity contribution >= 4 is 5.69 Å². The van der Waals surface area contributed by atoms with Crippen molar-refractivity contribution in [3.63, 3.8) is 0 Å². The molecule has 2 atom stereocenters. The largest absolute Gasteiger partial charge is 0.364 e. The van der Waals surface area contributed by atoms with Crippen molar-refractivity contribution in [2.24, 2.45) is 0 Å². The standard InChI is InChI=1S/C11H15N3/c1-2-10(6-12-5-1)14-8-9-3-4-11(14)7-13-9/h1-2,5-6,9,11,13H,3-4,7-8H2/t9-,11+/m1/s1. The van der Waals surface area contributed by atoms with E-state index in [1.54, 1.807) is 0 Å². The van der Waals surface area contributed by atoms with E-state index in [2.05, 4.69) is 21.3 Å². The molecule has 1 N–H and O–H groups in total. The molecule has 1 aromatic rings. The normalized spacial score (nSPS) is 30.7. The molecule has 0 aromatic carbocycles. The second kappa shape index (κ2) is 3.24. The highest BCUT2D eigenvalue weighted by Gasteiger charge is 2.33.